The average molecular weight is 170 g/mol. The average Bonchev–Trinajstić information content (AvgIpc) is 1.69. The van der Waals surface area contributed by atoms with Gasteiger partial charge in [0.15, 0.2) is 0 Å². The lowest BCUT2D eigenvalue weighted by Crippen LogP contribution is -2.02. The van der Waals surface area contributed by atoms with E-state index in [1.54, 1.807) is 7.41 Å². The summed E-state index contributed by atoms with van der Waals surface area (Å²) in [6, 6.07) is 0. The molecule has 0 saturated carbocycles. The maximum absolute atomic E-state index is 5.14. The number of halogens is 1. The Bertz CT molecular complexity index is 38.8. The van der Waals surface area contributed by atoms with Gasteiger partial charge in [-0.05, 0) is 0 Å². The zero-order chi connectivity index (χ0) is 5.54. The predicted molar refractivity (Wildman–Crippen MR) is 48.7 cm³/mol. The second-order valence-electron chi connectivity index (χ2n) is 1.73. The molecule has 0 bridgehead atoms. The fraction of sp³-hybridized carbons (Fsp3) is 1.00. The van der Waals surface area contributed by atoms with Gasteiger partial charge in [0.2, 0.25) is 7.41 Å². The number of nitrogens with two attached hydrogens (primary N) is 1. The van der Waals surface area contributed by atoms with Crippen molar-refractivity contribution in [3.63, 3.8) is 0 Å². The molecule has 0 aromatic carbocycles. The second kappa shape index (κ2) is 22.9. The van der Waals surface area contributed by atoms with Gasteiger partial charge in [-0.2, -0.15) is 0 Å². The first-order valence-electron chi connectivity index (χ1n) is 2.95. The van der Waals surface area contributed by atoms with Crippen LogP contribution in [0, 0.1) is 0 Å². The molecule has 5 heteroatoms. The molecule has 1 radical (unpaired) electrons. The van der Waals surface area contributed by atoms with Gasteiger partial charge in [-0.3, -0.25) is 0 Å². The first kappa shape index (κ1) is 22.5. The number of hydrogen-bond acceptors (Lipinski definition) is 1. The summed E-state index contributed by atoms with van der Waals surface area (Å²) in [6.45, 7) is 2.19. The van der Waals surface area contributed by atoms with Crippen LogP contribution in [0.4, 0.5) is 0 Å². The van der Waals surface area contributed by atoms with Gasteiger partial charge in [-0.15, -0.1) is 12.4 Å². The van der Waals surface area contributed by atoms with Gasteiger partial charge < -0.3 is 16.6 Å². The molecule has 0 spiro atoms. The van der Waals surface area contributed by atoms with E-state index in [9.17, 15) is 0 Å². The topological polar surface area (TPSA) is 89.0 Å². The summed E-state index contributed by atoms with van der Waals surface area (Å²) in [5.74, 6) is 0. The van der Waals surface area contributed by atoms with E-state index in [0.29, 0.717) is 0 Å². The molecule has 0 atom stereocenters. The monoisotopic (exact) mass is 170 g/mol. The largest absolute Gasteiger partial charge is 0.412 e. The van der Waals surface area contributed by atoms with E-state index >= 15 is 0 Å². The molecule has 0 aliphatic rings. The van der Waals surface area contributed by atoms with Crippen LogP contribution in [0.2, 0.25) is 6.32 Å². The fourth-order valence-electron chi connectivity index (χ4n) is 0.512. The van der Waals surface area contributed by atoms with E-state index in [0.717, 1.165) is 6.32 Å². The van der Waals surface area contributed by atoms with E-state index in [4.69, 9.17) is 5.64 Å². The summed E-state index contributed by atoms with van der Waals surface area (Å²) in [4.78, 5) is 0. The Morgan fingerprint density at radius 1 is 1.20 bits per heavy atom. The van der Waals surface area contributed by atoms with Crippen LogP contribution in [0.15, 0.2) is 0 Å². The van der Waals surface area contributed by atoms with Crippen molar-refractivity contribution in [1.29, 1.82) is 0 Å². The van der Waals surface area contributed by atoms with Gasteiger partial charge in [0, 0.05) is 0 Å². The van der Waals surface area contributed by atoms with Gasteiger partial charge in [0.25, 0.3) is 0 Å². The standard InChI is InChI=1S/C5H13BN.ClH.2H2O/c1-2-3-4-5-6-7;;;/h2-5,7H2,1H3;1H;2*1H2. The molecule has 65 valence electrons. The number of rotatable bonds is 4. The van der Waals surface area contributed by atoms with Crippen LogP contribution >= 0.6 is 12.4 Å². The molecule has 3 nitrogen and oxygen atoms in total. The summed E-state index contributed by atoms with van der Waals surface area (Å²) < 4.78 is 0. The van der Waals surface area contributed by atoms with Gasteiger partial charge in [0.05, 0.1) is 0 Å². The molecular formula is C5H18BClNO2. The summed E-state index contributed by atoms with van der Waals surface area (Å²) in [6.07, 6.45) is 4.93. The minimum absolute atomic E-state index is 0. The Kier molecular flexibility index (Phi) is 51.3. The second-order valence-corrected chi connectivity index (χ2v) is 1.73. The Morgan fingerprint density at radius 3 is 2.00 bits per heavy atom. The van der Waals surface area contributed by atoms with Crippen LogP contribution < -0.4 is 5.64 Å². The first-order valence-corrected chi connectivity index (χ1v) is 2.95. The third-order valence-corrected chi connectivity index (χ3v) is 0.974. The molecule has 0 rings (SSSR count). The molecule has 0 fully saturated rings. The molecule has 0 heterocycles. The van der Waals surface area contributed by atoms with Crippen molar-refractivity contribution < 1.29 is 11.0 Å². The van der Waals surface area contributed by atoms with Crippen LogP contribution in [0.3, 0.4) is 0 Å². The third kappa shape index (κ3) is 24.0. The Hall–Kier alpha value is 0.235. The number of unbranched alkanes of at least 4 members (excludes halogenated alkanes) is 2. The molecule has 6 N–H and O–H groups in total. The third-order valence-electron chi connectivity index (χ3n) is 0.974. The molecule has 0 aromatic rings. The number of hydrogen-bond donors (Lipinski definition) is 1. The molecule has 0 aliphatic carbocycles. The SMILES string of the molecule is CCCCC[B]N.Cl.O.O. The van der Waals surface area contributed by atoms with Crippen LogP contribution in [0.5, 0.6) is 0 Å². The van der Waals surface area contributed by atoms with E-state index in [2.05, 4.69) is 6.92 Å². The van der Waals surface area contributed by atoms with E-state index in [-0.39, 0.29) is 23.4 Å². The van der Waals surface area contributed by atoms with Gasteiger partial charge in [-0.1, -0.05) is 32.5 Å². The lowest BCUT2D eigenvalue weighted by molar-refractivity contribution is 0.768. The van der Waals surface area contributed by atoms with Gasteiger partial charge in [-0.25, -0.2) is 0 Å². The molecular weight excluding hydrogens is 152 g/mol. The summed E-state index contributed by atoms with van der Waals surface area (Å²) in [7, 11) is 1.73. The van der Waals surface area contributed by atoms with Crippen molar-refractivity contribution >= 4 is 19.8 Å². The lowest BCUT2D eigenvalue weighted by atomic mass is 9.88. The molecule has 0 amide bonds. The summed E-state index contributed by atoms with van der Waals surface area (Å²) >= 11 is 0. The van der Waals surface area contributed by atoms with Crippen molar-refractivity contribution in [3.8, 4) is 0 Å². The fourth-order valence-corrected chi connectivity index (χ4v) is 0.512. The highest BCUT2D eigenvalue weighted by Crippen LogP contribution is 1.95. The van der Waals surface area contributed by atoms with Crippen molar-refractivity contribution in [2.24, 2.45) is 5.64 Å². The normalized spacial score (nSPS) is 6.20. The highest BCUT2D eigenvalue weighted by molar-refractivity contribution is 6.30. The van der Waals surface area contributed by atoms with Crippen LogP contribution in [0.25, 0.3) is 0 Å². The quantitative estimate of drug-likeness (QED) is 0.465. The maximum Gasteiger partial charge on any atom is 0.202 e. The molecule has 10 heavy (non-hydrogen) atoms. The first-order chi connectivity index (χ1) is 3.41. The molecule has 0 aromatic heterocycles. The van der Waals surface area contributed by atoms with E-state index in [1.165, 1.54) is 19.3 Å². The summed E-state index contributed by atoms with van der Waals surface area (Å²) in [5, 5.41) is 0. The van der Waals surface area contributed by atoms with Crippen LogP contribution in [-0.4, -0.2) is 18.4 Å². The van der Waals surface area contributed by atoms with Gasteiger partial charge >= 0.3 is 0 Å². The van der Waals surface area contributed by atoms with Crippen LogP contribution in [0.1, 0.15) is 26.2 Å². The highest BCUT2D eigenvalue weighted by Gasteiger charge is 1.82. The van der Waals surface area contributed by atoms with E-state index in [1.807, 2.05) is 0 Å². The van der Waals surface area contributed by atoms with Crippen molar-refractivity contribution in [1.82, 2.24) is 0 Å². The lowest BCUT2D eigenvalue weighted by Gasteiger charge is -1.89. The maximum atomic E-state index is 5.14. The van der Waals surface area contributed by atoms with Crippen molar-refractivity contribution in [2.45, 2.75) is 32.5 Å². The van der Waals surface area contributed by atoms with Crippen molar-refractivity contribution in [2.75, 3.05) is 0 Å². The van der Waals surface area contributed by atoms with E-state index < -0.39 is 0 Å². The highest BCUT2D eigenvalue weighted by atomic mass is 35.5. The zero-order valence-electron chi connectivity index (χ0n) is 6.39. The van der Waals surface area contributed by atoms with Gasteiger partial charge in [0.1, 0.15) is 0 Å². The molecule has 0 saturated heterocycles. The zero-order valence-corrected chi connectivity index (χ0v) is 7.21. The Balaban J connectivity index is -0.0000000600. The Morgan fingerprint density at radius 2 is 1.70 bits per heavy atom. The Labute approximate surface area is 69.7 Å². The molecule has 0 unspecified atom stereocenters. The minimum atomic E-state index is 0. The predicted octanol–water partition coefficient (Wildman–Crippen LogP) is -0.0548. The molecule has 0 aliphatic heterocycles. The summed E-state index contributed by atoms with van der Waals surface area (Å²) in [5.41, 5.74) is 5.14. The smallest absolute Gasteiger partial charge is 0.202 e. The van der Waals surface area contributed by atoms with Crippen LogP contribution in [-0.2, 0) is 0 Å². The van der Waals surface area contributed by atoms with Crippen molar-refractivity contribution in [3.05, 3.63) is 0 Å². The minimum Gasteiger partial charge on any atom is -0.412 e.